The Hall–Kier alpha value is -1.02. The van der Waals surface area contributed by atoms with Crippen molar-refractivity contribution >= 4 is 5.69 Å². The Balaban J connectivity index is 1.54. The molecule has 98 valence electrons. The minimum Gasteiger partial charge on any atom is -0.371 e. The van der Waals surface area contributed by atoms with Crippen LogP contribution in [0.15, 0.2) is 24.3 Å². The van der Waals surface area contributed by atoms with Crippen molar-refractivity contribution < 1.29 is 0 Å². The molecule has 1 aromatic carbocycles. The van der Waals surface area contributed by atoms with E-state index < -0.39 is 0 Å². The average Bonchev–Trinajstić information content (AvgIpc) is 2.92. The Morgan fingerprint density at radius 1 is 1.22 bits per heavy atom. The van der Waals surface area contributed by atoms with Crippen molar-refractivity contribution in [1.29, 1.82) is 0 Å². The van der Waals surface area contributed by atoms with E-state index in [1.165, 1.54) is 63.8 Å². The zero-order chi connectivity index (χ0) is 12.2. The number of nitrogens with zero attached hydrogens (tertiary/aromatic N) is 1. The minimum absolute atomic E-state index is 0.796. The maximum absolute atomic E-state index is 3.59. The van der Waals surface area contributed by atoms with Crippen LogP contribution in [-0.4, -0.2) is 25.7 Å². The van der Waals surface area contributed by atoms with Crippen molar-refractivity contribution in [2.45, 2.75) is 44.6 Å². The normalized spacial score (nSPS) is 23.1. The van der Waals surface area contributed by atoms with Gasteiger partial charge in [0.25, 0.3) is 0 Å². The van der Waals surface area contributed by atoms with Gasteiger partial charge in [-0.25, -0.2) is 0 Å². The van der Waals surface area contributed by atoms with Gasteiger partial charge in [0.15, 0.2) is 0 Å². The van der Waals surface area contributed by atoms with Crippen LogP contribution in [0.3, 0.4) is 0 Å². The lowest BCUT2D eigenvalue weighted by atomic mass is 10.0. The van der Waals surface area contributed by atoms with E-state index >= 15 is 0 Å². The van der Waals surface area contributed by atoms with Crippen LogP contribution < -0.4 is 10.2 Å². The molecule has 1 N–H and O–H groups in total. The van der Waals surface area contributed by atoms with Crippen LogP contribution in [0.1, 0.15) is 37.7 Å². The molecule has 1 aromatic rings. The molecule has 2 heteroatoms. The molecule has 1 atom stereocenters. The van der Waals surface area contributed by atoms with Crippen LogP contribution in [0, 0.1) is 0 Å². The molecule has 2 nitrogen and oxygen atoms in total. The largest absolute Gasteiger partial charge is 0.371 e. The van der Waals surface area contributed by atoms with Gasteiger partial charge < -0.3 is 10.2 Å². The third kappa shape index (κ3) is 2.69. The summed E-state index contributed by atoms with van der Waals surface area (Å²) in [6.45, 7) is 3.71. The van der Waals surface area contributed by atoms with Gasteiger partial charge in [-0.1, -0.05) is 18.2 Å². The van der Waals surface area contributed by atoms with E-state index in [0.29, 0.717) is 0 Å². The number of benzene rings is 1. The molecule has 0 saturated carbocycles. The molecule has 0 radical (unpaired) electrons. The summed E-state index contributed by atoms with van der Waals surface area (Å²) in [5.41, 5.74) is 3.03. The summed E-state index contributed by atoms with van der Waals surface area (Å²) in [5, 5.41) is 3.59. The number of nitrogens with one attached hydrogen (secondary N) is 1. The molecule has 1 saturated heterocycles. The highest BCUT2D eigenvalue weighted by atomic mass is 15.1. The van der Waals surface area contributed by atoms with Crippen LogP contribution >= 0.6 is 0 Å². The molecule has 2 aliphatic rings. The van der Waals surface area contributed by atoms with E-state index in [0.717, 1.165) is 6.04 Å². The molecule has 0 aliphatic carbocycles. The fourth-order valence-corrected chi connectivity index (χ4v) is 3.38. The summed E-state index contributed by atoms with van der Waals surface area (Å²) >= 11 is 0. The molecule has 18 heavy (non-hydrogen) atoms. The van der Waals surface area contributed by atoms with Gasteiger partial charge in [0.05, 0.1) is 0 Å². The number of hydrogen-bond acceptors (Lipinski definition) is 2. The van der Waals surface area contributed by atoms with Crippen molar-refractivity contribution in [3.8, 4) is 0 Å². The number of aryl methyl sites for hydroxylation is 1. The van der Waals surface area contributed by atoms with Crippen molar-refractivity contribution in [3.05, 3.63) is 29.8 Å². The zero-order valence-corrected chi connectivity index (χ0v) is 11.2. The third-order valence-corrected chi connectivity index (χ3v) is 4.35. The number of rotatable bonds is 4. The minimum atomic E-state index is 0.796. The van der Waals surface area contributed by atoms with E-state index in [9.17, 15) is 0 Å². The van der Waals surface area contributed by atoms with Gasteiger partial charge in [0, 0.05) is 24.8 Å². The van der Waals surface area contributed by atoms with Crippen LogP contribution in [-0.2, 0) is 6.42 Å². The van der Waals surface area contributed by atoms with E-state index in [4.69, 9.17) is 0 Å². The first kappa shape index (κ1) is 12.0. The third-order valence-electron chi connectivity index (χ3n) is 4.35. The summed E-state index contributed by atoms with van der Waals surface area (Å²) in [5.74, 6) is 0. The number of anilines is 1. The fraction of sp³-hybridized carbons (Fsp3) is 0.625. The lowest BCUT2D eigenvalue weighted by Crippen LogP contribution is -2.31. The number of fused-ring (bicyclic) bond motifs is 1. The lowest BCUT2D eigenvalue weighted by Gasteiger charge is -2.31. The molecule has 0 spiro atoms. The number of para-hydroxylation sites is 1. The molecule has 0 amide bonds. The summed E-state index contributed by atoms with van der Waals surface area (Å²) < 4.78 is 0. The standard InChI is InChI=1S/C16H24N2/c1-2-10-16-14(6-1)7-4-12-18(16)13-5-9-15-8-3-11-17-15/h1-2,6,10,15,17H,3-5,7-9,11-13H2. The Morgan fingerprint density at radius 2 is 2.17 bits per heavy atom. The number of hydrogen-bond donors (Lipinski definition) is 1. The van der Waals surface area contributed by atoms with E-state index in [-0.39, 0.29) is 0 Å². The van der Waals surface area contributed by atoms with Gasteiger partial charge >= 0.3 is 0 Å². The molecule has 0 aromatic heterocycles. The SMILES string of the molecule is c1ccc2c(c1)CCCN2CCCC1CCCN1. The Morgan fingerprint density at radius 3 is 3.06 bits per heavy atom. The topological polar surface area (TPSA) is 15.3 Å². The second-order valence-electron chi connectivity index (χ2n) is 5.65. The highest BCUT2D eigenvalue weighted by molar-refractivity contribution is 5.55. The van der Waals surface area contributed by atoms with Gasteiger partial charge in [-0.15, -0.1) is 0 Å². The second-order valence-corrected chi connectivity index (χ2v) is 5.65. The van der Waals surface area contributed by atoms with Gasteiger partial charge in [-0.2, -0.15) is 0 Å². The van der Waals surface area contributed by atoms with Crippen molar-refractivity contribution in [3.63, 3.8) is 0 Å². The van der Waals surface area contributed by atoms with Gasteiger partial charge in [-0.3, -0.25) is 0 Å². The predicted molar refractivity (Wildman–Crippen MR) is 77.2 cm³/mol. The Labute approximate surface area is 110 Å². The first-order valence-corrected chi connectivity index (χ1v) is 7.50. The van der Waals surface area contributed by atoms with Crippen LogP contribution in [0.4, 0.5) is 5.69 Å². The van der Waals surface area contributed by atoms with E-state index in [1.807, 2.05) is 0 Å². The highest BCUT2D eigenvalue weighted by Crippen LogP contribution is 2.27. The smallest absolute Gasteiger partial charge is 0.0398 e. The van der Waals surface area contributed by atoms with Crippen molar-refractivity contribution in [2.24, 2.45) is 0 Å². The maximum Gasteiger partial charge on any atom is 0.0398 e. The first-order chi connectivity index (χ1) is 8.93. The summed E-state index contributed by atoms with van der Waals surface area (Å²) in [7, 11) is 0. The van der Waals surface area contributed by atoms with Gasteiger partial charge in [0.1, 0.15) is 0 Å². The fourth-order valence-electron chi connectivity index (χ4n) is 3.38. The second kappa shape index (κ2) is 5.75. The monoisotopic (exact) mass is 244 g/mol. The van der Waals surface area contributed by atoms with Crippen LogP contribution in [0.2, 0.25) is 0 Å². The zero-order valence-electron chi connectivity index (χ0n) is 11.2. The highest BCUT2D eigenvalue weighted by Gasteiger charge is 2.17. The van der Waals surface area contributed by atoms with Crippen molar-refractivity contribution in [1.82, 2.24) is 5.32 Å². The molecule has 1 unspecified atom stereocenters. The maximum atomic E-state index is 3.59. The molecule has 1 fully saturated rings. The summed E-state index contributed by atoms with van der Waals surface area (Å²) in [6.07, 6.45) is 8.01. The van der Waals surface area contributed by atoms with Crippen LogP contribution in [0.25, 0.3) is 0 Å². The Kier molecular flexibility index (Phi) is 3.84. The first-order valence-electron chi connectivity index (χ1n) is 7.50. The van der Waals surface area contributed by atoms with Crippen LogP contribution in [0.5, 0.6) is 0 Å². The Bertz CT molecular complexity index is 382. The molecule has 2 aliphatic heterocycles. The summed E-state index contributed by atoms with van der Waals surface area (Å²) in [4.78, 5) is 2.59. The van der Waals surface area contributed by atoms with Crippen molar-refractivity contribution in [2.75, 3.05) is 24.5 Å². The molecule has 2 heterocycles. The molecule has 3 rings (SSSR count). The lowest BCUT2D eigenvalue weighted by molar-refractivity contribution is 0.527. The van der Waals surface area contributed by atoms with Gasteiger partial charge in [0.2, 0.25) is 0 Å². The average molecular weight is 244 g/mol. The predicted octanol–water partition coefficient (Wildman–Crippen LogP) is 2.97. The molecular formula is C16H24N2. The summed E-state index contributed by atoms with van der Waals surface area (Å²) in [6, 6.07) is 9.73. The van der Waals surface area contributed by atoms with E-state index in [2.05, 4.69) is 34.5 Å². The molecule has 0 bridgehead atoms. The quantitative estimate of drug-likeness (QED) is 0.876. The van der Waals surface area contributed by atoms with Gasteiger partial charge in [-0.05, 0) is 56.7 Å². The molecular weight excluding hydrogens is 220 g/mol. The van der Waals surface area contributed by atoms with E-state index in [1.54, 1.807) is 5.56 Å².